The normalized spacial score (nSPS) is 18.0. The standard InChI is InChI=1S/C18H29N5/c1-14(2)15-12-17(23-16(21-15)8-11-20-23)19-13-18(22(3)4)9-6-5-7-10-18/h8,11-12,14,19H,5-7,9-10,13H2,1-4H3. The van der Waals surface area contributed by atoms with E-state index in [0.29, 0.717) is 5.92 Å². The molecule has 0 saturated heterocycles. The monoisotopic (exact) mass is 315 g/mol. The first-order valence-electron chi connectivity index (χ1n) is 8.78. The zero-order chi connectivity index (χ0) is 16.4. The van der Waals surface area contributed by atoms with Crippen molar-refractivity contribution in [1.82, 2.24) is 19.5 Å². The van der Waals surface area contributed by atoms with E-state index in [0.717, 1.165) is 23.7 Å². The molecular formula is C18H29N5. The van der Waals surface area contributed by atoms with Crippen molar-refractivity contribution in [2.45, 2.75) is 57.4 Å². The van der Waals surface area contributed by atoms with E-state index in [-0.39, 0.29) is 5.54 Å². The van der Waals surface area contributed by atoms with Gasteiger partial charge >= 0.3 is 0 Å². The first-order chi connectivity index (χ1) is 11.0. The molecule has 5 nitrogen and oxygen atoms in total. The topological polar surface area (TPSA) is 45.5 Å². The summed E-state index contributed by atoms with van der Waals surface area (Å²) in [5, 5.41) is 8.11. The molecule has 1 N–H and O–H groups in total. The van der Waals surface area contributed by atoms with Crippen molar-refractivity contribution in [3.05, 3.63) is 24.0 Å². The smallest absolute Gasteiger partial charge is 0.157 e. The molecule has 2 aromatic rings. The van der Waals surface area contributed by atoms with Crippen molar-refractivity contribution in [2.24, 2.45) is 0 Å². The Labute approximate surface area is 139 Å². The van der Waals surface area contributed by atoms with Gasteiger partial charge in [0.2, 0.25) is 0 Å². The third kappa shape index (κ3) is 3.20. The van der Waals surface area contributed by atoms with Crippen LogP contribution in [0.25, 0.3) is 5.65 Å². The predicted octanol–water partition coefficient (Wildman–Crippen LogP) is 3.53. The van der Waals surface area contributed by atoms with Gasteiger partial charge in [-0.05, 0) is 32.9 Å². The van der Waals surface area contributed by atoms with Crippen molar-refractivity contribution in [3.8, 4) is 0 Å². The summed E-state index contributed by atoms with van der Waals surface area (Å²) in [5.74, 6) is 1.46. The van der Waals surface area contributed by atoms with Crippen LogP contribution < -0.4 is 5.32 Å². The fourth-order valence-electron chi connectivity index (χ4n) is 3.60. The maximum Gasteiger partial charge on any atom is 0.157 e. The SMILES string of the molecule is CC(C)c1cc(NCC2(N(C)C)CCCCC2)n2nccc2n1. The molecule has 5 heteroatoms. The van der Waals surface area contributed by atoms with Crippen molar-refractivity contribution < 1.29 is 0 Å². The molecule has 2 heterocycles. The predicted molar refractivity (Wildman–Crippen MR) is 95.1 cm³/mol. The van der Waals surface area contributed by atoms with E-state index >= 15 is 0 Å². The van der Waals surface area contributed by atoms with Gasteiger partial charge in [0.25, 0.3) is 0 Å². The third-order valence-electron chi connectivity index (χ3n) is 5.30. The largest absolute Gasteiger partial charge is 0.368 e. The van der Waals surface area contributed by atoms with Gasteiger partial charge in [0.1, 0.15) is 5.82 Å². The van der Waals surface area contributed by atoms with Crippen LogP contribution in [0, 0.1) is 0 Å². The minimum atomic E-state index is 0.249. The Bertz CT molecular complexity index is 652. The lowest BCUT2D eigenvalue weighted by Gasteiger charge is -2.43. The van der Waals surface area contributed by atoms with Crippen LogP contribution in [0.5, 0.6) is 0 Å². The molecule has 0 unspecified atom stereocenters. The molecule has 0 bridgehead atoms. The van der Waals surface area contributed by atoms with Crippen molar-refractivity contribution in [3.63, 3.8) is 0 Å². The molecule has 3 rings (SSSR count). The van der Waals surface area contributed by atoms with Gasteiger partial charge in [-0.15, -0.1) is 0 Å². The molecule has 126 valence electrons. The van der Waals surface area contributed by atoms with Crippen LogP contribution in [0.15, 0.2) is 18.3 Å². The van der Waals surface area contributed by atoms with Gasteiger partial charge in [-0.1, -0.05) is 33.1 Å². The van der Waals surface area contributed by atoms with Crippen LogP contribution >= 0.6 is 0 Å². The molecule has 0 radical (unpaired) electrons. The second-order valence-electron chi connectivity index (χ2n) is 7.36. The Morgan fingerprint density at radius 2 is 2.00 bits per heavy atom. The summed E-state index contributed by atoms with van der Waals surface area (Å²) in [6.07, 6.45) is 8.36. The van der Waals surface area contributed by atoms with E-state index in [4.69, 9.17) is 4.98 Å². The van der Waals surface area contributed by atoms with Crippen LogP contribution in [0.3, 0.4) is 0 Å². The molecule has 1 saturated carbocycles. The minimum absolute atomic E-state index is 0.249. The summed E-state index contributed by atoms with van der Waals surface area (Å²) in [6, 6.07) is 4.12. The van der Waals surface area contributed by atoms with Crippen LogP contribution in [0.1, 0.15) is 57.6 Å². The fraction of sp³-hybridized carbons (Fsp3) is 0.667. The summed E-state index contributed by atoms with van der Waals surface area (Å²) in [4.78, 5) is 7.10. The third-order valence-corrected chi connectivity index (χ3v) is 5.30. The van der Waals surface area contributed by atoms with E-state index in [2.05, 4.69) is 49.3 Å². The summed E-state index contributed by atoms with van der Waals surface area (Å²) < 4.78 is 1.91. The summed E-state index contributed by atoms with van der Waals surface area (Å²) in [6.45, 7) is 5.32. The van der Waals surface area contributed by atoms with Crippen molar-refractivity contribution in [2.75, 3.05) is 26.0 Å². The number of anilines is 1. The van der Waals surface area contributed by atoms with Crippen LogP contribution in [0.2, 0.25) is 0 Å². The summed E-state index contributed by atoms with van der Waals surface area (Å²) >= 11 is 0. The van der Waals surface area contributed by atoms with Gasteiger partial charge in [-0.3, -0.25) is 0 Å². The molecule has 0 amide bonds. The molecule has 0 aromatic carbocycles. The highest BCUT2D eigenvalue weighted by Crippen LogP contribution is 2.32. The quantitative estimate of drug-likeness (QED) is 0.917. The Hall–Kier alpha value is -1.62. The lowest BCUT2D eigenvalue weighted by atomic mass is 9.80. The molecule has 1 aliphatic carbocycles. The van der Waals surface area contributed by atoms with Crippen molar-refractivity contribution >= 4 is 11.5 Å². The number of fused-ring (bicyclic) bond motifs is 1. The number of nitrogens with one attached hydrogen (secondary N) is 1. The minimum Gasteiger partial charge on any atom is -0.368 e. The van der Waals surface area contributed by atoms with Crippen LogP contribution in [-0.4, -0.2) is 45.7 Å². The number of nitrogens with zero attached hydrogens (tertiary/aromatic N) is 4. The maximum atomic E-state index is 4.69. The molecule has 1 aliphatic rings. The van der Waals surface area contributed by atoms with E-state index < -0.39 is 0 Å². The molecule has 0 spiro atoms. The Balaban J connectivity index is 1.87. The second kappa shape index (κ2) is 6.48. The van der Waals surface area contributed by atoms with E-state index in [1.165, 1.54) is 32.1 Å². The second-order valence-corrected chi connectivity index (χ2v) is 7.36. The highest BCUT2D eigenvalue weighted by molar-refractivity contribution is 5.49. The molecule has 0 aliphatic heterocycles. The summed E-state index contributed by atoms with van der Waals surface area (Å²) in [7, 11) is 4.42. The van der Waals surface area contributed by atoms with Gasteiger partial charge in [-0.25, -0.2) is 4.98 Å². The molecule has 2 aromatic heterocycles. The fourth-order valence-corrected chi connectivity index (χ4v) is 3.60. The van der Waals surface area contributed by atoms with Crippen LogP contribution in [-0.2, 0) is 0 Å². The van der Waals surface area contributed by atoms with Gasteiger partial charge < -0.3 is 10.2 Å². The van der Waals surface area contributed by atoms with Crippen LogP contribution in [0.4, 0.5) is 5.82 Å². The number of rotatable bonds is 5. The van der Waals surface area contributed by atoms with Crippen molar-refractivity contribution in [1.29, 1.82) is 0 Å². The van der Waals surface area contributed by atoms with E-state index in [1.54, 1.807) is 0 Å². The Kier molecular flexibility index (Phi) is 4.57. The zero-order valence-electron chi connectivity index (χ0n) is 14.8. The van der Waals surface area contributed by atoms with E-state index in [9.17, 15) is 0 Å². The zero-order valence-corrected chi connectivity index (χ0v) is 14.8. The van der Waals surface area contributed by atoms with Gasteiger partial charge in [0, 0.05) is 29.9 Å². The molecule has 23 heavy (non-hydrogen) atoms. The maximum absolute atomic E-state index is 4.69. The van der Waals surface area contributed by atoms with Gasteiger partial charge in [0.15, 0.2) is 5.65 Å². The molecular weight excluding hydrogens is 286 g/mol. The number of aromatic nitrogens is 3. The van der Waals surface area contributed by atoms with Gasteiger partial charge in [0.05, 0.1) is 6.20 Å². The number of likely N-dealkylation sites (N-methyl/N-ethyl adjacent to an activating group) is 1. The highest BCUT2D eigenvalue weighted by atomic mass is 15.3. The lowest BCUT2D eigenvalue weighted by Crippen LogP contribution is -2.51. The Morgan fingerprint density at radius 3 is 2.65 bits per heavy atom. The Morgan fingerprint density at radius 1 is 1.26 bits per heavy atom. The van der Waals surface area contributed by atoms with E-state index in [1.807, 2.05) is 16.8 Å². The first kappa shape index (κ1) is 16.2. The van der Waals surface area contributed by atoms with Gasteiger partial charge in [-0.2, -0.15) is 9.61 Å². The first-order valence-corrected chi connectivity index (χ1v) is 8.78. The molecule has 1 fully saturated rings. The number of hydrogen-bond acceptors (Lipinski definition) is 4. The molecule has 0 atom stereocenters. The summed E-state index contributed by atoms with van der Waals surface area (Å²) in [5.41, 5.74) is 2.28. The lowest BCUT2D eigenvalue weighted by molar-refractivity contribution is 0.113. The average Bonchev–Trinajstić information content (AvgIpc) is 3.01. The highest BCUT2D eigenvalue weighted by Gasteiger charge is 2.34. The average molecular weight is 315 g/mol. The number of hydrogen-bond donors (Lipinski definition) is 1.